The number of esters is 1. The first-order valence-corrected chi connectivity index (χ1v) is 7.29. The summed E-state index contributed by atoms with van der Waals surface area (Å²) >= 11 is 0. The second kappa shape index (κ2) is 7.05. The van der Waals surface area contributed by atoms with E-state index in [1.54, 1.807) is 25.3 Å². The van der Waals surface area contributed by atoms with Crippen LogP contribution in [0.4, 0.5) is 0 Å². The van der Waals surface area contributed by atoms with Gasteiger partial charge in [0.25, 0.3) is 0 Å². The van der Waals surface area contributed by atoms with Gasteiger partial charge in [0.15, 0.2) is 0 Å². The van der Waals surface area contributed by atoms with Gasteiger partial charge in [-0.2, -0.15) is 0 Å². The number of hydrogen-bond acceptors (Lipinski definition) is 5. The molecule has 0 aliphatic heterocycles. The predicted molar refractivity (Wildman–Crippen MR) is 86.8 cm³/mol. The van der Waals surface area contributed by atoms with Crippen LogP contribution >= 0.6 is 0 Å². The highest BCUT2D eigenvalue weighted by Crippen LogP contribution is 2.41. The first-order chi connectivity index (χ1) is 11.0. The Morgan fingerprint density at radius 1 is 1.17 bits per heavy atom. The summed E-state index contributed by atoms with van der Waals surface area (Å²) in [5.74, 6) is -0.574. The van der Waals surface area contributed by atoms with Crippen molar-refractivity contribution >= 4 is 5.97 Å². The maximum absolute atomic E-state index is 12.1. The van der Waals surface area contributed by atoms with Gasteiger partial charge in [0.05, 0.1) is 20.1 Å². The summed E-state index contributed by atoms with van der Waals surface area (Å²) in [7, 11) is 2.87. The molecule has 5 heteroatoms. The van der Waals surface area contributed by atoms with Crippen molar-refractivity contribution in [2.75, 3.05) is 14.2 Å². The van der Waals surface area contributed by atoms with Gasteiger partial charge in [-0.25, -0.2) is 0 Å². The fraction of sp³-hybridized carbons (Fsp3) is 0.278. The van der Waals surface area contributed by atoms with E-state index in [1.165, 1.54) is 19.2 Å². The van der Waals surface area contributed by atoms with Gasteiger partial charge in [-0.1, -0.05) is 19.1 Å². The van der Waals surface area contributed by atoms with Crippen LogP contribution in [0.15, 0.2) is 36.4 Å². The van der Waals surface area contributed by atoms with E-state index in [1.807, 2.05) is 13.0 Å². The Morgan fingerprint density at radius 2 is 1.91 bits per heavy atom. The molecule has 0 bridgehead atoms. The van der Waals surface area contributed by atoms with E-state index >= 15 is 0 Å². The summed E-state index contributed by atoms with van der Waals surface area (Å²) in [6.45, 7) is 1.85. The summed E-state index contributed by atoms with van der Waals surface area (Å²) < 4.78 is 10.1. The molecule has 0 aliphatic rings. The van der Waals surface area contributed by atoms with Crippen molar-refractivity contribution in [3.05, 3.63) is 42.0 Å². The molecule has 2 aromatic rings. The standard InChI is InChI=1S/C18H20O5/c1-4-14(18(21)23-3)15-9-12(19)10-16(20)17(15)11-6-5-7-13(8-11)22-2/h5-10,14,19-20H,4H2,1-3H3. The van der Waals surface area contributed by atoms with E-state index in [0.717, 1.165) is 0 Å². The van der Waals surface area contributed by atoms with Gasteiger partial charge in [0.2, 0.25) is 0 Å². The Morgan fingerprint density at radius 3 is 2.52 bits per heavy atom. The summed E-state index contributed by atoms with van der Waals surface area (Å²) in [6.07, 6.45) is 0.479. The average molecular weight is 316 g/mol. The molecule has 0 aromatic heterocycles. The number of benzene rings is 2. The van der Waals surface area contributed by atoms with Crippen LogP contribution in [-0.2, 0) is 9.53 Å². The van der Waals surface area contributed by atoms with Gasteiger partial charge in [0.1, 0.15) is 17.2 Å². The number of phenolic OH excluding ortho intramolecular Hbond substituents is 2. The van der Waals surface area contributed by atoms with Crippen molar-refractivity contribution in [1.29, 1.82) is 0 Å². The molecule has 0 fully saturated rings. The molecule has 1 atom stereocenters. The van der Waals surface area contributed by atoms with E-state index in [2.05, 4.69) is 0 Å². The number of hydrogen-bond donors (Lipinski definition) is 2. The number of ether oxygens (including phenoxy) is 2. The SMILES string of the molecule is CCC(C(=O)OC)c1cc(O)cc(O)c1-c1cccc(OC)c1. The molecule has 0 saturated carbocycles. The maximum Gasteiger partial charge on any atom is 0.313 e. The maximum atomic E-state index is 12.1. The zero-order valence-corrected chi connectivity index (χ0v) is 13.4. The van der Waals surface area contributed by atoms with E-state index in [4.69, 9.17) is 9.47 Å². The molecule has 122 valence electrons. The third kappa shape index (κ3) is 3.39. The Kier molecular flexibility index (Phi) is 5.11. The lowest BCUT2D eigenvalue weighted by Gasteiger charge is -2.19. The molecule has 0 radical (unpaired) electrons. The third-order valence-corrected chi connectivity index (χ3v) is 3.76. The average Bonchev–Trinajstić information content (AvgIpc) is 2.54. The van der Waals surface area contributed by atoms with Crippen LogP contribution in [-0.4, -0.2) is 30.4 Å². The Balaban J connectivity index is 2.68. The smallest absolute Gasteiger partial charge is 0.313 e. The Labute approximate surface area is 135 Å². The summed E-state index contributed by atoms with van der Waals surface area (Å²) in [4.78, 5) is 12.1. The zero-order chi connectivity index (χ0) is 17.0. The Bertz CT molecular complexity index is 709. The van der Waals surface area contributed by atoms with Crippen LogP contribution in [0.2, 0.25) is 0 Å². The largest absolute Gasteiger partial charge is 0.508 e. The van der Waals surface area contributed by atoms with Crippen molar-refractivity contribution in [1.82, 2.24) is 0 Å². The van der Waals surface area contributed by atoms with Gasteiger partial charge in [-0.15, -0.1) is 0 Å². The van der Waals surface area contributed by atoms with Gasteiger partial charge in [-0.3, -0.25) is 4.79 Å². The summed E-state index contributed by atoms with van der Waals surface area (Å²) in [5, 5.41) is 20.2. The highest BCUT2D eigenvalue weighted by Gasteiger charge is 2.25. The highest BCUT2D eigenvalue weighted by atomic mass is 16.5. The lowest BCUT2D eigenvalue weighted by atomic mass is 9.88. The Hall–Kier alpha value is -2.69. The topological polar surface area (TPSA) is 76.0 Å². The molecule has 0 saturated heterocycles. The lowest BCUT2D eigenvalue weighted by Crippen LogP contribution is -2.14. The quantitative estimate of drug-likeness (QED) is 0.826. The number of carbonyl (C=O) groups excluding carboxylic acids is 1. The second-order valence-corrected chi connectivity index (χ2v) is 5.15. The molecule has 0 spiro atoms. The van der Waals surface area contributed by atoms with Gasteiger partial charge >= 0.3 is 5.97 Å². The number of rotatable bonds is 5. The number of aromatic hydroxyl groups is 2. The van der Waals surface area contributed by atoms with E-state index in [-0.39, 0.29) is 11.5 Å². The van der Waals surface area contributed by atoms with Crippen molar-refractivity contribution in [2.24, 2.45) is 0 Å². The van der Waals surface area contributed by atoms with Crippen LogP contribution in [0.3, 0.4) is 0 Å². The minimum Gasteiger partial charge on any atom is -0.508 e. The predicted octanol–water partition coefficient (Wildman–Crippen LogP) is 3.44. The normalized spacial score (nSPS) is 11.8. The van der Waals surface area contributed by atoms with Gasteiger partial charge in [0, 0.05) is 11.6 Å². The van der Waals surface area contributed by atoms with E-state index < -0.39 is 11.9 Å². The zero-order valence-electron chi connectivity index (χ0n) is 13.4. The molecule has 23 heavy (non-hydrogen) atoms. The number of phenols is 2. The fourth-order valence-corrected chi connectivity index (χ4v) is 2.66. The molecule has 0 heterocycles. The van der Waals surface area contributed by atoms with Crippen molar-refractivity contribution < 1.29 is 24.5 Å². The van der Waals surface area contributed by atoms with Crippen LogP contribution in [0, 0.1) is 0 Å². The number of methoxy groups -OCH3 is 2. The molecule has 5 nitrogen and oxygen atoms in total. The molecule has 1 unspecified atom stereocenters. The molecule has 2 N–H and O–H groups in total. The van der Waals surface area contributed by atoms with E-state index in [0.29, 0.717) is 28.9 Å². The van der Waals surface area contributed by atoms with Crippen molar-refractivity contribution in [3.63, 3.8) is 0 Å². The van der Waals surface area contributed by atoms with Crippen LogP contribution in [0.25, 0.3) is 11.1 Å². The molecule has 2 aromatic carbocycles. The highest BCUT2D eigenvalue weighted by molar-refractivity contribution is 5.85. The molecular formula is C18H20O5. The van der Waals surface area contributed by atoms with E-state index in [9.17, 15) is 15.0 Å². The molecular weight excluding hydrogens is 296 g/mol. The first-order valence-electron chi connectivity index (χ1n) is 7.29. The minimum atomic E-state index is -0.584. The molecule has 0 aliphatic carbocycles. The summed E-state index contributed by atoms with van der Waals surface area (Å²) in [6, 6.07) is 9.89. The fourth-order valence-electron chi connectivity index (χ4n) is 2.66. The monoisotopic (exact) mass is 316 g/mol. The van der Waals surface area contributed by atoms with Gasteiger partial charge in [-0.05, 0) is 35.7 Å². The van der Waals surface area contributed by atoms with Crippen LogP contribution in [0.5, 0.6) is 17.2 Å². The molecule has 0 amide bonds. The van der Waals surface area contributed by atoms with Crippen molar-refractivity contribution in [2.45, 2.75) is 19.3 Å². The second-order valence-electron chi connectivity index (χ2n) is 5.15. The van der Waals surface area contributed by atoms with Crippen LogP contribution in [0.1, 0.15) is 24.8 Å². The summed E-state index contributed by atoms with van der Waals surface area (Å²) in [5.41, 5.74) is 1.70. The van der Waals surface area contributed by atoms with Crippen molar-refractivity contribution in [3.8, 4) is 28.4 Å². The van der Waals surface area contributed by atoms with Gasteiger partial charge < -0.3 is 19.7 Å². The number of carbonyl (C=O) groups is 1. The lowest BCUT2D eigenvalue weighted by molar-refractivity contribution is -0.142. The van der Waals surface area contributed by atoms with Crippen LogP contribution < -0.4 is 4.74 Å². The minimum absolute atomic E-state index is 0.101. The molecule has 2 rings (SSSR count). The first kappa shape index (κ1) is 16.7. The third-order valence-electron chi connectivity index (χ3n) is 3.76.